The van der Waals surface area contributed by atoms with Gasteiger partial charge < -0.3 is 14.2 Å². The first-order valence-electron chi connectivity index (χ1n) is 7.82. The SMILES string of the molecule is COc1cc2ncc(O[C@@H]3C[C@H]4CC[C@@H]3C4)nc2cc1OC. The van der Waals surface area contributed by atoms with Gasteiger partial charge in [-0.3, -0.25) is 0 Å². The lowest BCUT2D eigenvalue weighted by Crippen LogP contribution is -2.23. The van der Waals surface area contributed by atoms with E-state index in [1.807, 2.05) is 12.1 Å². The lowest BCUT2D eigenvalue weighted by Gasteiger charge is -2.22. The highest BCUT2D eigenvalue weighted by molar-refractivity contribution is 5.79. The molecule has 5 nitrogen and oxygen atoms in total. The molecule has 2 bridgehead atoms. The number of fused-ring (bicyclic) bond motifs is 3. The van der Waals surface area contributed by atoms with Gasteiger partial charge in [0.2, 0.25) is 5.88 Å². The van der Waals surface area contributed by atoms with Crippen LogP contribution in [0.15, 0.2) is 18.3 Å². The number of benzene rings is 1. The Morgan fingerprint density at radius 2 is 1.77 bits per heavy atom. The Bertz CT molecular complexity index is 704. The quantitative estimate of drug-likeness (QED) is 0.868. The molecule has 0 spiro atoms. The first-order chi connectivity index (χ1) is 10.8. The number of methoxy groups -OCH3 is 2. The maximum absolute atomic E-state index is 6.10. The summed E-state index contributed by atoms with van der Waals surface area (Å²) in [7, 11) is 3.23. The van der Waals surface area contributed by atoms with Gasteiger partial charge in [0.1, 0.15) is 6.10 Å². The molecule has 0 N–H and O–H groups in total. The van der Waals surface area contributed by atoms with Crippen LogP contribution in [0.5, 0.6) is 17.4 Å². The lowest BCUT2D eigenvalue weighted by atomic mass is 9.98. The lowest BCUT2D eigenvalue weighted by molar-refractivity contribution is 0.132. The van der Waals surface area contributed by atoms with E-state index in [1.54, 1.807) is 20.4 Å². The van der Waals surface area contributed by atoms with E-state index in [1.165, 1.54) is 19.3 Å². The smallest absolute Gasteiger partial charge is 0.233 e. The number of aromatic nitrogens is 2. The average Bonchev–Trinajstić information content (AvgIpc) is 3.16. The van der Waals surface area contributed by atoms with Gasteiger partial charge in [-0.25, -0.2) is 9.97 Å². The second-order valence-corrected chi connectivity index (χ2v) is 6.24. The minimum Gasteiger partial charge on any atom is -0.493 e. The summed E-state index contributed by atoms with van der Waals surface area (Å²) in [4.78, 5) is 9.03. The Hall–Kier alpha value is -2.04. The van der Waals surface area contributed by atoms with Gasteiger partial charge in [-0.05, 0) is 37.5 Å². The van der Waals surface area contributed by atoms with Gasteiger partial charge in [-0.1, -0.05) is 0 Å². The Labute approximate surface area is 129 Å². The summed E-state index contributed by atoms with van der Waals surface area (Å²) < 4.78 is 16.7. The first-order valence-corrected chi connectivity index (χ1v) is 7.82. The molecule has 2 aromatic rings. The summed E-state index contributed by atoms with van der Waals surface area (Å²) in [5.74, 6) is 3.48. The molecule has 2 saturated carbocycles. The zero-order chi connectivity index (χ0) is 15.1. The van der Waals surface area contributed by atoms with E-state index in [0.29, 0.717) is 29.4 Å². The molecule has 0 aliphatic heterocycles. The van der Waals surface area contributed by atoms with Crippen LogP contribution in [0.25, 0.3) is 11.0 Å². The number of rotatable bonds is 4. The van der Waals surface area contributed by atoms with Crippen molar-refractivity contribution >= 4 is 11.0 Å². The maximum atomic E-state index is 6.10. The molecule has 1 aromatic heterocycles. The summed E-state index contributed by atoms with van der Waals surface area (Å²) in [5.41, 5.74) is 1.54. The van der Waals surface area contributed by atoms with E-state index in [0.717, 1.165) is 23.4 Å². The van der Waals surface area contributed by atoms with Crippen LogP contribution in [0.1, 0.15) is 25.7 Å². The summed E-state index contributed by atoms with van der Waals surface area (Å²) >= 11 is 0. The molecule has 0 radical (unpaired) electrons. The van der Waals surface area contributed by atoms with Crippen molar-refractivity contribution in [3.05, 3.63) is 18.3 Å². The Balaban J connectivity index is 1.62. The molecule has 0 saturated heterocycles. The van der Waals surface area contributed by atoms with Gasteiger partial charge in [-0.2, -0.15) is 0 Å². The van der Waals surface area contributed by atoms with E-state index in [9.17, 15) is 0 Å². The Kier molecular flexibility index (Phi) is 3.28. The molecule has 0 amide bonds. The van der Waals surface area contributed by atoms with Crippen LogP contribution in [-0.4, -0.2) is 30.3 Å². The topological polar surface area (TPSA) is 53.5 Å². The third-order valence-corrected chi connectivity index (χ3v) is 4.97. The molecule has 4 rings (SSSR count). The van der Waals surface area contributed by atoms with Crippen molar-refractivity contribution in [2.45, 2.75) is 31.8 Å². The highest BCUT2D eigenvalue weighted by Crippen LogP contribution is 2.45. The summed E-state index contributed by atoms with van der Waals surface area (Å²) in [6.45, 7) is 0. The predicted molar refractivity (Wildman–Crippen MR) is 82.5 cm³/mol. The highest BCUT2D eigenvalue weighted by atomic mass is 16.5. The van der Waals surface area contributed by atoms with Crippen LogP contribution in [0.3, 0.4) is 0 Å². The molecule has 1 heterocycles. The number of ether oxygens (including phenoxy) is 3. The molecule has 1 aromatic carbocycles. The summed E-state index contributed by atoms with van der Waals surface area (Å²) in [6.07, 6.45) is 7.16. The fraction of sp³-hybridized carbons (Fsp3) is 0.529. The number of hydrogen-bond acceptors (Lipinski definition) is 5. The van der Waals surface area contributed by atoms with Crippen molar-refractivity contribution in [1.82, 2.24) is 9.97 Å². The van der Waals surface area contributed by atoms with E-state index >= 15 is 0 Å². The van der Waals surface area contributed by atoms with Crippen molar-refractivity contribution in [3.63, 3.8) is 0 Å². The second kappa shape index (κ2) is 5.30. The van der Waals surface area contributed by atoms with E-state index < -0.39 is 0 Å². The van der Waals surface area contributed by atoms with Gasteiger partial charge in [0.25, 0.3) is 0 Å². The molecule has 3 atom stereocenters. The monoisotopic (exact) mass is 300 g/mol. The molecule has 116 valence electrons. The maximum Gasteiger partial charge on any atom is 0.233 e. The Morgan fingerprint density at radius 1 is 1.00 bits per heavy atom. The third kappa shape index (κ3) is 2.25. The van der Waals surface area contributed by atoms with Gasteiger partial charge in [0.05, 0.1) is 31.4 Å². The van der Waals surface area contributed by atoms with Crippen LogP contribution < -0.4 is 14.2 Å². The molecule has 0 unspecified atom stereocenters. The summed E-state index contributed by atoms with van der Waals surface area (Å²) in [6, 6.07) is 3.68. The molecular formula is C17H20N2O3. The minimum absolute atomic E-state index is 0.311. The average molecular weight is 300 g/mol. The van der Waals surface area contributed by atoms with Crippen LogP contribution in [0.2, 0.25) is 0 Å². The van der Waals surface area contributed by atoms with Crippen LogP contribution in [-0.2, 0) is 0 Å². The van der Waals surface area contributed by atoms with Gasteiger partial charge in [0.15, 0.2) is 11.5 Å². The second-order valence-electron chi connectivity index (χ2n) is 6.24. The zero-order valence-corrected chi connectivity index (χ0v) is 12.9. The molecule has 2 aliphatic rings. The van der Waals surface area contributed by atoms with Gasteiger partial charge in [-0.15, -0.1) is 0 Å². The van der Waals surface area contributed by atoms with Crippen molar-refractivity contribution in [2.75, 3.05) is 14.2 Å². The zero-order valence-electron chi connectivity index (χ0n) is 12.9. The number of nitrogens with zero attached hydrogens (tertiary/aromatic N) is 2. The third-order valence-electron chi connectivity index (χ3n) is 4.97. The molecule has 5 heteroatoms. The standard InChI is InChI=1S/C17H20N2O3/c1-20-15-7-12-13(8-16(15)21-2)19-17(9-18-12)22-14-6-10-3-4-11(14)5-10/h7-11,14H,3-6H2,1-2H3/t10-,11+,14+/m0/s1. The molecular weight excluding hydrogens is 280 g/mol. The van der Waals surface area contributed by atoms with Crippen LogP contribution in [0, 0.1) is 11.8 Å². The summed E-state index contributed by atoms with van der Waals surface area (Å²) in [5, 5.41) is 0. The fourth-order valence-electron chi connectivity index (χ4n) is 3.87. The fourth-order valence-corrected chi connectivity index (χ4v) is 3.87. The van der Waals surface area contributed by atoms with E-state index in [-0.39, 0.29) is 0 Å². The Morgan fingerprint density at radius 3 is 2.41 bits per heavy atom. The minimum atomic E-state index is 0.311. The van der Waals surface area contributed by atoms with E-state index in [2.05, 4.69) is 9.97 Å². The molecule has 2 aliphatic carbocycles. The van der Waals surface area contributed by atoms with Crippen molar-refractivity contribution in [3.8, 4) is 17.4 Å². The first kappa shape index (κ1) is 13.6. The normalized spacial score (nSPS) is 26.4. The molecule has 2 fully saturated rings. The van der Waals surface area contributed by atoms with Crippen molar-refractivity contribution < 1.29 is 14.2 Å². The van der Waals surface area contributed by atoms with Crippen molar-refractivity contribution in [2.24, 2.45) is 11.8 Å². The van der Waals surface area contributed by atoms with Crippen molar-refractivity contribution in [1.29, 1.82) is 0 Å². The predicted octanol–water partition coefficient (Wildman–Crippen LogP) is 3.21. The molecule has 22 heavy (non-hydrogen) atoms. The van der Waals surface area contributed by atoms with Gasteiger partial charge in [0, 0.05) is 12.1 Å². The highest BCUT2D eigenvalue weighted by Gasteiger charge is 2.41. The van der Waals surface area contributed by atoms with Crippen LogP contribution in [0.4, 0.5) is 0 Å². The van der Waals surface area contributed by atoms with Gasteiger partial charge >= 0.3 is 0 Å². The van der Waals surface area contributed by atoms with E-state index in [4.69, 9.17) is 14.2 Å². The largest absolute Gasteiger partial charge is 0.493 e. The van der Waals surface area contributed by atoms with Crippen LogP contribution >= 0.6 is 0 Å². The number of hydrogen-bond donors (Lipinski definition) is 0.